The number of hydrogen-bond acceptors (Lipinski definition) is 4. The van der Waals surface area contributed by atoms with Crippen LogP contribution in [0.25, 0.3) is 0 Å². The second-order valence-corrected chi connectivity index (χ2v) is 10.2. The van der Waals surface area contributed by atoms with Gasteiger partial charge in [0, 0.05) is 34.2 Å². The van der Waals surface area contributed by atoms with Crippen molar-refractivity contribution in [1.29, 1.82) is 0 Å². The highest BCUT2D eigenvalue weighted by Crippen LogP contribution is 2.24. The van der Waals surface area contributed by atoms with Crippen LogP contribution >= 0.6 is 23.4 Å². The Kier molecular flexibility index (Phi) is 8.17. The molecule has 0 aliphatic rings. The lowest BCUT2D eigenvalue weighted by molar-refractivity contribution is 0.0956. The highest BCUT2D eigenvalue weighted by Gasteiger charge is 2.16. The molecule has 0 unspecified atom stereocenters. The first kappa shape index (κ1) is 24.1. The molecule has 32 heavy (non-hydrogen) atoms. The van der Waals surface area contributed by atoms with Gasteiger partial charge in [-0.2, -0.15) is 11.8 Å². The lowest BCUT2D eigenvalue weighted by Gasteiger charge is -2.12. The van der Waals surface area contributed by atoms with Crippen LogP contribution in [0.2, 0.25) is 5.02 Å². The lowest BCUT2D eigenvalue weighted by atomic mass is 10.1. The van der Waals surface area contributed by atoms with E-state index in [4.69, 9.17) is 11.6 Å². The Labute approximate surface area is 196 Å². The summed E-state index contributed by atoms with van der Waals surface area (Å²) in [6.45, 7) is 2.13. The summed E-state index contributed by atoms with van der Waals surface area (Å²) in [7, 11) is -3.76. The number of thioether (sulfide) groups is 1. The van der Waals surface area contributed by atoms with Gasteiger partial charge in [0.05, 0.1) is 10.6 Å². The van der Waals surface area contributed by atoms with Crippen molar-refractivity contribution in [2.24, 2.45) is 0 Å². The van der Waals surface area contributed by atoms with Crippen molar-refractivity contribution in [3.63, 3.8) is 0 Å². The molecular formula is C23H22ClFN2O3S2. The number of rotatable bonds is 9. The zero-order valence-corrected chi connectivity index (χ0v) is 19.7. The third-order valence-electron chi connectivity index (χ3n) is 4.64. The molecule has 1 amide bonds. The van der Waals surface area contributed by atoms with E-state index in [-0.39, 0.29) is 16.6 Å². The van der Waals surface area contributed by atoms with Gasteiger partial charge in [0.1, 0.15) is 5.82 Å². The fourth-order valence-corrected chi connectivity index (χ4v) is 5.20. The van der Waals surface area contributed by atoms with Gasteiger partial charge >= 0.3 is 0 Å². The van der Waals surface area contributed by atoms with E-state index in [2.05, 4.69) is 10.0 Å². The van der Waals surface area contributed by atoms with Gasteiger partial charge in [0.15, 0.2) is 0 Å². The average Bonchev–Trinajstić information content (AvgIpc) is 2.77. The number of aryl methyl sites for hydroxylation is 1. The largest absolute Gasteiger partial charge is 0.351 e. The predicted octanol–water partition coefficient (Wildman–Crippen LogP) is 5.25. The third kappa shape index (κ3) is 6.25. The van der Waals surface area contributed by atoms with Crippen LogP contribution in [-0.2, 0) is 15.8 Å². The molecule has 3 aromatic carbocycles. The molecule has 0 aliphatic carbocycles. The van der Waals surface area contributed by atoms with E-state index in [0.29, 0.717) is 45.5 Å². The fraction of sp³-hybridized carbons (Fsp3) is 0.174. The first-order valence-electron chi connectivity index (χ1n) is 9.75. The zero-order valence-electron chi connectivity index (χ0n) is 17.3. The van der Waals surface area contributed by atoms with Crippen LogP contribution in [0.5, 0.6) is 0 Å². The minimum atomic E-state index is -3.76. The highest BCUT2D eigenvalue weighted by atomic mass is 35.5. The molecule has 0 fully saturated rings. The molecule has 168 valence electrons. The number of sulfonamides is 1. The van der Waals surface area contributed by atoms with Gasteiger partial charge in [-0.05, 0) is 48.9 Å². The van der Waals surface area contributed by atoms with E-state index in [1.807, 2.05) is 0 Å². The molecule has 3 aromatic rings. The van der Waals surface area contributed by atoms with Crippen molar-refractivity contribution >= 4 is 45.0 Å². The van der Waals surface area contributed by atoms with Crippen LogP contribution in [0.1, 0.15) is 21.5 Å². The molecule has 0 saturated heterocycles. The van der Waals surface area contributed by atoms with Crippen molar-refractivity contribution in [3.8, 4) is 0 Å². The average molecular weight is 493 g/mol. The van der Waals surface area contributed by atoms with Crippen molar-refractivity contribution in [1.82, 2.24) is 5.32 Å². The third-order valence-corrected chi connectivity index (χ3v) is 7.36. The van der Waals surface area contributed by atoms with E-state index in [1.54, 1.807) is 49.4 Å². The molecule has 0 aliphatic heterocycles. The first-order chi connectivity index (χ1) is 15.3. The summed E-state index contributed by atoms with van der Waals surface area (Å²) in [4.78, 5) is 12.6. The second kappa shape index (κ2) is 10.8. The molecule has 5 nitrogen and oxygen atoms in total. The monoisotopic (exact) mass is 492 g/mol. The molecule has 0 radical (unpaired) electrons. The SMILES string of the molecule is Cc1ccc(C(=O)NCCSCc2c(F)cccc2Cl)cc1NS(=O)(=O)c1ccccc1. The maximum absolute atomic E-state index is 13.8. The molecule has 0 aromatic heterocycles. The van der Waals surface area contributed by atoms with Gasteiger partial charge in [-0.3, -0.25) is 9.52 Å². The van der Waals surface area contributed by atoms with Crippen LogP contribution in [0, 0.1) is 12.7 Å². The van der Waals surface area contributed by atoms with Crippen LogP contribution in [-0.4, -0.2) is 26.6 Å². The zero-order chi connectivity index (χ0) is 23.1. The fourth-order valence-electron chi connectivity index (χ4n) is 2.86. The highest BCUT2D eigenvalue weighted by molar-refractivity contribution is 7.98. The topological polar surface area (TPSA) is 75.3 Å². The molecule has 2 N–H and O–H groups in total. The number of anilines is 1. The molecule has 0 saturated carbocycles. The Morgan fingerprint density at radius 2 is 1.81 bits per heavy atom. The maximum atomic E-state index is 13.8. The molecule has 0 heterocycles. The van der Waals surface area contributed by atoms with E-state index in [9.17, 15) is 17.6 Å². The summed E-state index contributed by atoms with van der Waals surface area (Å²) < 4.78 is 41.5. The standard InChI is InChI=1S/C23H22ClFN2O3S2/c1-16-10-11-17(14-22(16)27-32(29,30)18-6-3-2-4-7-18)23(28)26-12-13-31-15-19-20(24)8-5-9-21(19)25/h2-11,14,27H,12-13,15H2,1H3,(H,26,28). The van der Waals surface area contributed by atoms with E-state index >= 15 is 0 Å². The van der Waals surface area contributed by atoms with Gasteiger partial charge in [-0.25, -0.2) is 12.8 Å². The summed E-state index contributed by atoms with van der Waals surface area (Å²) in [5, 5.41) is 3.17. The minimum absolute atomic E-state index is 0.140. The number of benzene rings is 3. The molecule has 3 rings (SSSR count). The van der Waals surface area contributed by atoms with Crippen LogP contribution in [0.3, 0.4) is 0 Å². The predicted molar refractivity (Wildman–Crippen MR) is 128 cm³/mol. The van der Waals surface area contributed by atoms with Crippen molar-refractivity contribution in [2.45, 2.75) is 17.6 Å². The van der Waals surface area contributed by atoms with Crippen LogP contribution < -0.4 is 10.0 Å². The maximum Gasteiger partial charge on any atom is 0.261 e. The number of carbonyl (C=O) groups is 1. The van der Waals surface area contributed by atoms with Gasteiger partial charge in [0.25, 0.3) is 15.9 Å². The van der Waals surface area contributed by atoms with Crippen LogP contribution in [0.4, 0.5) is 10.1 Å². The molecule has 0 atom stereocenters. The normalized spacial score (nSPS) is 11.2. The van der Waals surface area contributed by atoms with Crippen molar-refractivity contribution < 1.29 is 17.6 Å². The molecule has 9 heteroatoms. The number of nitrogens with one attached hydrogen (secondary N) is 2. The minimum Gasteiger partial charge on any atom is -0.351 e. The van der Waals surface area contributed by atoms with Crippen molar-refractivity contribution in [3.05, 3.63) is 94.3 Å². The number of hydrogen-bond donors (Lipinski definition) is 2. The second-order valence-electron chi connectivity index (χ2n) is 6.96. The van der Waals surface area contributed by atoms with Gasteiger partial charge in [-0.15, -0.1) is 0 Å². The Hall–Kier alpha value is -2.55. The van der Waals surface area contributed by atoms with E-state index < -0.39 is 10.0 Å². The van der Waals surface area contributed by atoms with Gasteiger partial charge in [-0.1, -0.05) is 41.9 Å². The number of carbonyl (C=O) groups excluding carboxylic acids is 1. The van der Waals surface area contributed by atoms with E-state index in [0.717, 1.165) is 0 Å². The van der Waals surface area contributed by atoms with Gasteiger partial charge in [0.2, 0.25) is 0 Å². The van der Waals surface area contributed by atoms with Crippen molar-refractivity contribution in [2.75, 3.05) is 17.0 Å². The number of halogens is 2. The molecular weight excluding hydrogens is 471 g/mol. The summed E-state index contributed by atoms with van der Waals surface area (Å²) in [5.74, 6) is 0.293. The first-order valence-corrected chi connectivity index (χ1v) is 12.8. The Morgan fingerprint density at radius 3 is 2.53 bits per heavy atom. The molecule has 0 spiro atoms. The van der Waals surface area contributed by atoms with E-state index in [1.165, 1.54) is 36.0 Å². The van der Waals surface area contributed by atoms with Gasteiger partial charge < -0.3 is 5.32 Å². The molecule has 0 bridgehead atoms. The summed E-state index contributed by atoms with van der Waals surface area (Å²) in [6, 6.07) is 17.4. The Bertz CT molecular complexity index is 1180. The smallest absolute Gasteiger partial charge is 0.261 e. The van der Waals surface area contributed by atoms with Crippen LogP contribution in [0.15, 0.2) is 71.6 Å². The quantitative estimate of drug-likeness (QED) is 0.400. The lowest BCUT2D eigenvalue weighted by Crippen LogP contribution is -2.26. The Morgan fingerprint density at radius 1 is 1.06 bits per heavy atom. The Balaban J connectivity index is 1.57. The number of amides is 1. The summed E-state index contributed by atoms with van der Waals surface area (Å²) >= 11 is 7.47. The summed E-state index contributed by atoms with van der Waals surface area (Å²) in [5.41, 5.74) is 1.81. The summed E-state index contributed by atoms with van der Waals surface area (Å²) in [6.07, 6.45) is 0.